The van der Waals surface area contributed by atoms with Crippen molar-refractivity contribution in [3.05, 3.63) is 28.8 Å². The minimum atomic E-state index is -1.10. The number of carbonyl (C=O) groups is 2. The molecule has 0 spiro atoms. The quantitative estimate of drug-likeness (QED) is 0.776. The van der Waals surface area contributed by atoms with E-state index in [0.29, 0.717) is 10.7 Å². The fourth-order valence-electron chi connectivity index (χ4n) is 1.20. The Morgan fingerprint density at radius 1 is 1.41 bits per heavy atom. The second-order valence-corrected chi connectivity index (χ2v) is 4.00. The summed E-state index contributed by atoms with van der Waals surface area (Å²) in [6.45, 7) is 3.17. The van der Waals surface area contributed by atoms with Crippen molar-refractivity contribution in [2.24, 2.45) is 0 Å². The Kier molecular flexibility index (Phi) is 4.34. The van der Waals surface area contributed by atoms with Gasteiger partial charge in [0.1, 0.15) is 6.04 Å². The van der Waals surface area contributed by atoms with E-state index in [2.05, 4.69) is 10.6 Å². The lowest BCUT2D eigenvalue weighted by molar-refractivity contribution is -0.138. The largest absolute Gasteiger partial charge is 0.480 e. The summed E-state index contributed by atoms with van der Waals surface area (Å²) in [7, 11) is 0. The van der Waals surface area contributed by atoms with E-state index in [-0.39, 0.29) is 0 Å². The predicted molar refractivity (Wildman–Crippen MR) is 65.4 cm³/mol. The third kappa shape index (κ3) is 3.64. The number of amides is 2. The van der Waals surface area contributed by atoms with Crippen LogP contribution in [0.3, 0.4) is 0 Å². The van der Waals surface area contributed by atoms with Crippen LogP contribution < -0.4 is 10.6 Å². The summed E-state index contributed by atoms with van der Waals surface area (Å²) in [5, 5.41) is 13.8. The van der Waals surface area contributed by atoms with Gasteiger partial charge in [0.2, 0.25) is 0 Å². The summed E-state index contributed by atoms with van der Waals surface area (Å²) >= 11 is 5.91. The standard InChI is InChI=1S/C11H13ClN2O3/c1-6-4-3-5-8(12)9(6)14-11(17)13-7(2)10(15)16/h3-5,7H,1-2H3,(H,15,16)(H2,13,14,17)/t7-/m0/s1. The van der Waals surface area contributed by atoms with E-state index in [0.717, 1.165) is 5.56 Å². The van der Waals surface area contributed by atoms with E-state index >= 15 is 0 Å². The van der Waals surface area contributed by atoms with E-state index in [9.17, 15) is 9.59 Å². The SMILES string of the molecule is Cc1cccc(Cl)c1NC(=O)N[C@@H](C)C(=O)O. The second-order valence-electron chi connectivity index (χ2n) is 3.59. The fourth-order valence-corrected chi connectivity index (χ4v) is 1.47. The number of carbonyl (C=O) groups excluding carboxylic acids is 1. The first kappa shape index (κ1) is 13.3. The lowest BCUT2D eigenvalue weighted by atomic mass is 10.2. The topological polar surface area (TPSA) is 78.4 Å². The molecule has 0 fully saturated rings. The average Bonchev–Trinajstić information content (AvgIpc) is 2.23. The Bertz CT molecular complexity index is 428. The predicted octanol–water partition coefficient (Wildman–Crippen LogP) is 2.24. The van der Waals surface area contributed by atoms with Gasteiger partial charge in [-0.25, -0.2) is 4.79 Å². The molecule has 92 valence electrons. The number of aliphatic carboxylic acids is 1. The molecule has 0 aromatic heterocycles. The Labute approximate surface area is 104 Å². The van der Waals surface area contributed by atoms with Crippen molar-refractivity contribution in [1.29, 1.82) is 0 Å². The first-order valence-electron chi connectivity index (χ1n) is 4.97. The van der Waals surface area contributed by atoms with Crippen molar-refractivity contribution >= 4 is 29.3 Å². The van der Waals surface area contributed by atoms with Crippen molar-refractivity contribution in [2.45, 2.75) is 19.9 Å². The lowest BCUT2D eigenvalue weighted by Gasteiger charge is -2.13. The lowest BCUT2D eigenvalue weighted by Crippen LogP contribution is -2.41. The van der Waals surface area contributed by atoms with Crippen molar-refractivity contribution < 1.29 is 14.7 Å². The van der Waals surface area contributed by atoms with Crippen LogP contribution >= 0.6 is 11.6 Å². The number of anilines is 1. The molecule has 0 heterocycles. The third-order valence-electron chi connectivity index (χ3n) is 2.18. The normalized spacial score (nSPS) is 11.7. The highest BCUT2D eigenvalue weighted by molar-refractivity contribution is 6.33. The van der Waals surface area contributed by atoms with E-state index in [1.807, 2.05) is 0 Å². The fraction of sp³-hybridized carbons (Fsp3) is 0.273. The highest BCUT2D eigenvalue weighted by Crippen LogP contribution is 2.24. The molecule has 1 aromatic carbocycles. The summed E-state index contributed by atoms with van der Waals surface area (Å²) in [4.78, 5) is 22.0. The number of carboxylic acid groups (broad SMARTS) is 1. The Balaban J connectivity index is 2.72. The molecule has 0 unspecified atom stereocenters. The molecular formula is C11H13ClN2O3. The minimum Gasteiger partial charge on any atom is -0.480 e. The second kappa shape index (κ2) is 5.54. The van der Waals surface area contributed by atoms with Gasteiger partial charge in [-0.2, -0.15) is 0 Å². The average molecular weight is 257 g/mol. The molecule has 6 heteroatoms. The summed E-state index contributed by atoms with van der Waals surface area (Å²) in [5.74, 6) is -1.10. The number of nitrogens with one attached hydrogen (secondary N) is 2. The van der Waals surface area contributed by atoms with Gasteiger partial charge in [-0.05, 0) is 25.5 Å². The minimum absolute atomic E-state index is 0.406. The number of hydrogen-bond acceptors (Lipinski definition) is 2. The van der Waals surface area contributed by atoms with Crippen molar-refractivity contribution in [3.63, 3.8) is 0 Å². The summed E-state index contributed by atoms with van der Waals surface area (Å²) in [6.07, 6.45) is 0. The first-order chi connectivity index (χ1) is 7.91. The molecule has 5 nitrogen and oxygen atoms in total. The zero-order valence-corrected chi connectivity index (χ0v) is 10.2. The van der Waals surface area contributed by atoms with Crippen LogP contribution in [0.15, 0.2) is 18.2 Å². The number of aryl methyl sites for hydroxylation is 1. The molecule has 1 aromatic rings. The summed E-state index contributed by atoms with van der Waals surface area (Å²) in [6, 6.07) is 3.64. The molecule has 17 heavy (non-hydrogen) atoms. The maximum atomic E-state index is 11.5. The number of rotatable bonds is 3. The number of benzene rings is 1. The molecule has 0 bridgehead atoms. The van der Waals surface area contributed by atoms with Gasteiger partial charge in [-0.1, -0.05) is 23.7 Å². The molecule has 0 aliphatic carbocycles. The van der Waals surface area contributed by atoms with Gasteiger partial charge in [0.25, 0.3) is 0 Å². The van der Waals surface area contributed by atoms with Gasteiger partial charge in [-0.3, -0.25) is 4.79 Å². The first-order valence-corrected chi connectivity index (χ1v) is 5.35. The number of urea groups is 1. The van der Waals surface area contributed by atoms with Crippen LogP contribution in [0.5, 0.6) is 0 Å². The zero-order valence-electron chi connectivity index (χ0n) is 9.45. The van der Waals surface area contributed by atoms with Crippen molar-refractivity contribution in [3.8, 4) is 0 Å². The van der Waals surface area contributed by atoms with Crippen LogP contribution in [0.4, 0.5) is 10.5 Å². The van der Waals surface area contributed by atoms with Gasteiger partial charge in [0, 0.05) is 0 Å². The molecule has 2 amide bonds. The number of carboxylic acids is 1. The molecule has 0 aliphatic rings. The highest BCUT2D eigenvalue weighted by atomic mass is 35.5. The van der Waals surface area contributed by atoms with Gasteiger partial charge >= 0.3 is 12.0 Å². The maximum Gasteiger partial charge on any atom is 0.325 e. The highest BCUT2D eigenvalue weighted by Gasteiger charge is 2.15. The molecule has 3 N–H and O–H groups in total. The van der Waals surface area contributed by atoms with Crippen LogP contribution in [0, 0.1) is 6.92 Å². The number of para-hydroxylation sites is 1. The van der Waals surface area contributed by atoms with E-state index in [4.69, 9.17) is 16.7 Å². The van der Waals surface area contributed by atoms with Crippen LogP contribution in [0.2, 0.25) is 5.02 Å². The van der Waals surface area contributed by atoms with Gasteiger partial charge < -0.3 is 15.7 Å². The molecule has 0 saturated carbocycles. The van der Waals surface area contributed by atoms with Crippen LogP contribution in [0.25, 0.3) is 0 Å². The van der Waals surface area contributed by atoms with Crippen LogP contribution in [-0.2, 0) is 4.79 Å². The molecular weight excluding hydrogens is 244 g/mol. The molecule has 1 atom stereocenters. The van der Waals surface area contributed by atoms with E-state index in [1.165, 1.54) is 6.92 Å². The van der Waals surface area contributed by atoms with E-state index < -0.39 is 18.0 Å². The Morgan fingerprint density at radius 3 is 2.59 bits per heavy atom. The van der Waals surface area contributed by atoms with Crippen LogP contribution in [0.1, 0.15) is 12.5 Å². The summed E-state index contributed by atoms with van der Waals surface area (Å²) < 4.78 is 0. The number of hydrogen-bond donors (Lipinski definition) is 3. The van der Waals surface area contributed by atoms with Crippen LogP contribution in [-0.4, -0.2) is 23.1 Å². The van der Waals surface area contributed by atoms with Crippen molar-refractivity contribution in [2.75, 3.05) is 5.32 Å². The number of halogens is 1. The van der Waals surface area contributed by atoms with Gasteiger partial charge in [0.05, 0.1) is 10.7 Å². The van der Waals surface area contributed by atoms with Gasteiger partial charge in [-0.15, -0.1) is 0 Å². The van der Waals surface area contributed by atoms with Gasteiger partial charge in [0.15, 0.2) is 0 Å². The zero-order chi connectivity index (χ0) is 13.0. The maximum absolute atomic E-state index is 11.5. The van der Waals surface area contributed by atoms with E-state index in [1.54, 1.807) is 25.1 Å². The Hall–Kier alpha value is -1.75. The molecule has 0 aliphatic heterocycles. The molecule has 0 saturated heterocycles. The Morgan fingerprint density at radius 2 is 2.06 bits per heavy atom. The monoisotopic (exact) mass is 256 g/mol. The smallest absolute Gasteiger partial charge is 0.325 e. The third-order valence-corrected chi connectivity index (χ3v) is 2.49. The van der Waals surface area contributed by atoms with Crippen molar-refractivity contribution in [1.82, 2.24) is 5.32 Å². The molecule has 1 rings (SSSR count). The summed E-state index contributed by atoms with van der Waals surface area (Å²) in [5.41, 5.74) is 1.28. The molecule has 0 radical (unpaired) electrons.